The summed E-state index contributed by atoms with van der Waals surface area (Å²) in [5, 5.41) is 21.0. The lowest BCUT2D eigenvalue weighted by Gasteiger charge is -2.41. The Labute approximate surface area is 260 Å². The zero-order valence-corrected chi connectivity index (χ0v) is 25.6. The monoisotopic (exact) mass is 572 g/mol. The van der Waals surface area contributed by atoms with Crippen LogP contribution >= 0.6 is 0 Å². The van der Waals surface area contributed by atoms with Crippen molar-refractivity contribution in [1.29, 1.82) is 10.5 Å². The van der Waals surface area contributed by atoms with Crippen molar-refractivity contribution in [2.24, 2.45) is 5.92 Å². The standard InChI is InChI=1S/C40H36N4/c1-5-12-37-28(3)36-17-9-10-22-40(36,4)44(37)32(6-2)15-8-7-13-29-14-11-16-33(23-29)43-38-20-18-30(26-41)24-34(38)35-25-31(27-42)19-21-39(35)43/h5-6,9-12,14-25,36H,2,7-8,13H2,1,3-4H3/b12-5-,32-15+. The summed E-state index contributed by atoms with van der Waals surface area (Å²) in [5.41, 5.74) is 9.25. The summed E-state index contributed by atoms with van der Waals surface area (Å²) in [4.78, 5) is 2.46. The van der Waals surface area contributed by atoms with Gasteiger partial charge in [-0.05, 0) is 112 Å². The summed E-state index contributed by atoms with van der Waals surface area (Å²) in [7, 11) is 0. The van der Waals surface area contributed by atoms with Crippen LogP contribution in [0.5, 0.6) is 0 Å². The van der Waals surface area contributed by atoms with Crippen LogP contribution in [0, 0.1) is 28.6 Å². The van der Waals surface area contributed by atoms with Crippen LogP contribution in [0.2, 0.25) is 0 Å². The van der Waals surface area contributed by atoms with Crippen molar-refractivity contribution >= 4 is 21.8 Å². The van der Waals surface area contributed by atoms with E-state index in [9.17, 15) is 10.5 Å². The molecule has 0 spiro atoms. The smallest absolute Gasteiger partial charge is 0.0991 e. The minimum absolute atomic E-state index is 0.146. The fourth-order valence-electron chi connectivity index (χ4n) is 7.01. The van der Waals surface area contributed by atoms with Gasteiger partial charge in [-0.25, -0.2) is 0 Å². The van der Waals surface area contributed by atoms with E-state index in [2.05, 4.69) is 116 Å². The van der Waals surface area contributed by atoms with Gasteiger partial charge in [-0.3, -0.25) is 0 Å². The molecule has 0 saturated carbocycles. The van der Waals surface area contributed by atoms with E-state index in [-0.39, 0.29) is 5.54 Å². The van der Waals surface area contributed by atoms with Crippen LogP contribution in [0.3, 0.4) is 0 Å². The number of rotatable bonds is 8. The van der Waals surface area contributed by atoms with E-state index in [1.165, 1.54) is 16.8 Å². The molecule has 2 atom stereocenters. The van der Waals surface area contributed by atoms with Crippen LogP contribution in [-0.2, 0) is 6.42 Å². The molecule has 1 aromatic heterocycles. The highest BCUT2D eigenvalue weighted by Gasteiger charge is 2.46. The first-order valence-electron chi connectivity index (χ1n) is 15.2. The molecule has 3 aromatic carbocycles. The van der Waals surface area contributed by atoms with E-state index < -0.39 is 0 Å². The van der Waals surface area contributed by atoms with Crippen molar-refractivity contribution in [1.82, 2.24) is 9.47 Å². The number of hydrogen-bond donors (Lipinski definition) is 0. The number of unbranched alkanes of at least 4 members (excludes halogenated alkanes) is 1. The van der Waals surface area contributed by atoms with Gasteiger partial charge in [0.15, 0.2) is 0 Å². The average molecular weight is 573 g/mol. The van der Waals surface area contributed by atoms with Gasteiger partial charge in [-0.15, -0.1) is 0 Å². The molecule has 0 N–H and O–H groups in total. The van der Waals surface area contributed by atoms with Crippen LogP contribution < -0.4 is 0 Å². The molecule has 1 aliphatic heterocycles. The van der Waals surface area contributed by atoms with Crippen LogP contribution in [0.1, 0.15) is 50.3 Å². The van der Waals surface area contributed by atoms with Crippen LogP contribution in [0.25, 0.3) is 27.5 Å². The minimum atomic E-state index is -0.146. The highest BCUT2D eigenvalue weighted by atomic mass is 15.2. The predicted molar refractivity (Wildman–Crippen MR) is 181 cm³/mol. The lowest BCUT2D eigenvalue weighted by Crippen LogP contribution is -2.44. The maximum absolute atomic E-state index is 9.52. The second-order valence-electron chi connectivity index (χ2n) is 11.8. The first kappa shape index (κ1) is 28.8. The Kier molecular flexibility index (Phi) is 7.69. The Morgan fingerprint density at radius 3 is 2.32 bits per heavy atom. The predicted octanol–water partition coefficient (Wildman–Crippen LogP) is 9.59. The zero-order chi connectivity index (χ0) is 30.8. The number of aryl methyl sites for hydroxylation is 1. The number of nitrogens with zero attached hydrogens (tertiary/aromatic N) is 4. The third-order valence-corrected chi connectivity index (χ3v) is 9.08. The molecule has 1 aliphatic carbocycles. The number of benzene rings is 3. The summed E-state index contributed by atoms with van der Waals surface area (Å²) < 4.78 is 2.24. The molecule has 6 rings (SSSR count). The Hall–Kier alpha value is -5.32. The number of allylic oxidation sites excluding steroid dienone is 6. The molecule has 0 bridgehead atoms. The van der Waals surface area contributed by atoms with Gasteiger partial charge in [-0.1, -0.05) is 55.2 Å². The van der Waals surface area contributed by atoms with Crippen molar-refractivity contribution in [2.75, 3.05) is 0 Å². The first-order valence-corrected chi connectivity index (χ1v) is 15.2. The summed E-state index contributed by atoms with van der Waals surface area (Å²) in [6.45, 7) is 10.8. The molecular weight excluding hydrogens is 536 g/mol. The maximum atomic E-state index is 9.52. The minimum Gasteiger partial charge on any atom is -0.332 e. The summed E-state index contributed by atoms with van der Waals surface area (Å²) in [5.74, 6) is 0.337. The molecule has 0 radical (unpaired) electrons. The van der Waals surface area contributed by atoms with Crippen molar-refractivity contribution in [3.05, 3.63) is 150 Å². The maximum Gasteiger partial charge on any atom is 0.0991 e. The summed E-state index contributed by atoms with van der Waals surface area (Å²) >= 11 is 0. The van der Waals surface area contributed by atoms with Crippen molar-refractivity contribution in [2.45, 2.75) is 45.6 Å². The largest absolute Gasteiger partial charge is 0.332 e. The molecule has 2 heterocycles. The molecule has 44 heavy (non-hydrogen) atoms. The number of nitriles is 2. The van der Waals surface area contributed by atoms with Gasteiger partial charge >= 0.3 is 0 Å². The molecule has 4 aromatic rings. The SMILES string of the molecule is C=C/C(=C\CCCc1cccc(-n2c3ccc(C#N)cc3c3cc(C#N)ccc32)c1)N1C(/C=C\C)=C(C)C2C=CC=CC21C. The molecule has 0 fully saturated rings. The van der Waals surface area contributed by atoms with Crippen molar-refractivity contribution < 1.29 is 0 Å². The Morgan fingerprint density at radius 1 is 0.977 bits per heavy atom. The fraction of sp³-hybridized carbons (Fsp3) is 0.200. The molecule has 4 heteroatoms. The van der Waals surface area contributed by atoms with Crippen molar-refractivity contribution in [3.63, 3.8) is 0 Å². The summed E-state index contributed by atoms with van der Waals surface area (Å²) in [6, 6.07) is 24.8. The highest BCUT2D eigenvalue weighted by Crippen LogP contribution is 2.48. The zero-order valence-electron chi connectivity index (χ0n) is 25.6. The van der Waals surface area contributed by atoms with E-state index in [1.807, 2.05) is 42.5 Å². The lowest BCUT2D eigenvalue weighted by atomic mass is 9.80. The second kappa shape index (κ2) is 11.8. The Bertz CT molecular complexity index is 1960. The van der Waals surface area contributed by atoms with E-state index >= 15 is 0 Å². The van der Waals surface area contributed by atoms with Gasteiger partial charge in [0.25, 0.3) is 0 Å². The third kappa shape index (κ3) is 4.80. The fourth-order valence-corrected chi connectivity index (χ4v) is 7.01. The van der Waals surface area contributed by atoms with E-state index in [1.54, 1.807) is 0 Å². The normalized spacial score (nSPS) is 19.6. The van der Waals surface area contributed by atoms with Gasteiger partial charge in [0.05, 0.1) is 39.8 Å². The van der Waals surface area contributed by atoms with Crippen LogP contribution in [0.4, 0.5) is 0 Å². The van der Waals surface area contributed by atoms with E-state index in [0.29, 0.717) is 17.0 Å². The molecule has 2 aliphatic rings. The highest BCUT2D eigenvalue weighted by molar-refractivity contribution is 6.10. The molecule has 0 saturated heterocycles. The van der Waals surface area contributed by atoms with Crippen molar-refractivity contribution in [3.8, 4) is 17.8 Å². The second-order valence-corrected chi connectivity index (χ2v) is 11.8. The van der Waals surface area contributed by atoms with Gasteiger partial charge in [0.1, 0.15) is 0 Å². The molecule has 216 valence electrons. The van der Waals surface area contributed by atoms with Crippen LogP contribution in [-0.4, -0.2) is 15.0 Å². The number of aromatic nitrogens is 1. The molecule has 0 amide bonds. The number of fused-ring (bicyclic) bond motifs is 4. The summed E-state index contributed by atoms with van der Waals surface area (Å²) in [6.07, 6.45) is 20.5. The van der Waals surface area contributed by atoms with Gasteiger partial charge in [-0.2, -0.15) is 10.5 Å². The average Bonchev–Trinajstić information content (AvgIpc) is 3.49. The number of hydrogen-bond acceptors (Lipinski definition) is 3. The van der Waals surface area contributed by atoms with E-state index in [4.69, 9.17) is 0 Å². The third-order valence-electron chi connectivity index (χ3n) is 9.08. The van der Waals surface area contributed by atoms with Crippen LogP contribution in [0.15, 0.2) is 133 Å². The molecule has 4 nitrogen and oxygen atoms in total. The lowest BCUT2D eigenvalue weighted by molar-refractivity contribution is 0.253. The topological polar surface area (TPSA) is 55.8 Å². The quantitative estimate of drug-likeness (QED) is 0.156. The van der Waals surface area contributed by atoms with Gasteiger partial charge in [0, 0.05) is 33.8 Å². The Morgan fingerprint density at radius 2 is 1.68 bits per heavy atom. The first-order chi connectivity index (χ1) is 21.4. The molecular formula is C40H36N4. The van der Waals surface area contributed by atoms with Gasteiger partial charge < -0.3 is 9.47 Å². The van der Waals surface area contributed by atoms with E-state index in [0.717, 1.165) is 52.5 Å². The van der Waals surface area contributed by atoms with Gasteiger partial charge in [0.2, 0.25) is 0 Å². The molecule has 2 unspecified atom stereocenters. The Balaban J connectivity index is 1.27.